The number of methoxy groups -OCH3 is 1. The lowest BCUT2D eigenvalue weighted by Crippen LogP contribution is -2.37. The highest BCUT2D eigenvalue weighted by atomic mass is 79.9. The minimum absolute atomic E-state index is 0.102. The number of anilines is 1. The number of nitrogens with one attached hydrogen (secondary N) is 2. The van der Waals surface area contributed by atoms with Crippen molar-refractivity contribution in [3.8, 4) is 11.5 Å². The molecule has 31 heavy (non-hydrogen) atoms. The predicted molar refractivity (Wildman–Crippen MR) is 128 cm³/mol. The highest BCUT2D eigenvalue weighted by molar-refractivity contribution is 9.10. The smallest absolute Gasteiger partial charge is 0.262 e. The Morgan fingerprint density at radius 2 is 2.03 bits per heavy atom. The van der Waals surface area contributed by atoms with Crippen LogP contribution in [0.5, 0.6) is 11.5 Å². The lowest BCUT2D eigenvalue weighted by Gasteiger charge is -2.23. The molecule has 1 heterocycles. The van der Waals surface area contributed by atoms with Crippen LogP contribution in [-0.2, 0) is 11.3 Å². The lowest BCUT2D eigenvalue weighted by atomic mass is 10.1. The predicted octanol–water partition coefficient (Wildman–Crippen LogP) is 4.36. The molecule has 1 unspecified atom stereocenters. The van der Waals surface area contributed by atoms with E-state index in [0.717, 1.165) is 40.9 Å². The molecule has 0 saturated carbocycles. The number of halogens is 1. The van der Waals surface area contributed by atoms with Gasteiger partial charge >= 0.3 is 0 Å². The van der Waals surface area contributed by atoms with Crippen LogP contribution in [0.3, 0.4) is 0 Å². The molecule has 1 fully saturated rings. The maximum Gasteiger partial charge on any atom is 0.262 e. The van der Waals surface area contributed by atoms with Crippen molar-refractivity contribution in [1.29, 1.82) is 0 Å². The van der Waals surface area contributed by atoms with Crippen LogP contribution in [0, 0.1) is 6.92 Å². The van der Waals surface area contributed by atoms with Crippen LogP contribution in [0.15, 0.2) is 40.9 Å². The first-order valence-corrected chi connectivity index (χ1v) is 11.6. The van der Waals surface area contributed by atoms with Gasteiger partial charge in [-0.2, -0.15) is 0 Å². The number of aryl methyl sites for hydroxylation is 1. The second-order valence-corrected chi connectivity index (χ2v) is 8.72. The van der Waals surface area contributed by atoms with E-state index in [0.29, 0.717) is 17.5 Å². The summed E-state index contributed by atoms with van der Waals surface area (Å²) in [6.07, 6.45) is 2.54. The van der Waals surface area contributed by atoms with E-state index >= 15 is 0 Å². The SMILES string of the molecule is CCN1CCCC1CNCc1cc(Br)c(OCC(=O)Nc2ccc(C)cc2)c(OC)c1. The minimum atomic E-state index is -0.222. The molecule has 1 amide bonds. The second-order valence-electron chi connectivity index (χ2n) is 7.87. The number of hydrogen-bond donors (Lipinski definition) is 2. The van der Waals surface area contributed by atoms with Crippen molar-refractivity contribution >= 4 is 27.5 Å². The minimum Gasteiger partial charge on any atom is -0.493 e. The van der Waals surface area contributed by atoms with Gasteiger partial charge in [-0.05, 0) is 78.6 Å². The van der Waals surface area contributed by atoms with Crippen molar-refractivity contribution in [2.24, 2.45) is 0 Å². The lowest BCUT2D eigenvalue weighted by molar-refractivity contribution is -0.118. The fourth-order valence-electron chi connectivity index (χ4n) is 3.91. The van der Waals surface area contributed by atoms with Crippen LogP contribution in [0.1, 0.15) is 30.9 Å². The van der Waals surface area contributed by atoms with Crippen LogP contribution in [0.25, 0.3) is 0 Å². The van der Waals surface area contributed by atoms with E-state index in [-0.39, 0.29) is 12.5 Å². The van der Waals surface area contributed by atoms with Gasteiger partial charge in [-0.25, -0.2) is 0 Å². The van der Waals surface area contributed by atoms with Crippen LogP contribution in [-0.4, -0.2) is 50.2 Å². The number of rotatable bonds is 10. The Morgan fingerprint density at radius 1 is 1.26 bits per heavy atom. The van der Waals surface area contributed by atoms with Gasteiger partial charge in [-0.1, -0.05) is 24.6 Å². The average molecular weight is 490 g/mol. The first kappa shape index (κ1) is 23.6. The summed E-state index contributed by atoms with van der Waals surface area (Å²) in [7, 11) is 1.61. The summed E-state index contributed by atoms with van der Waals surface area (Å²) < 4.78 is 12.1. The molecular formula is C24H32BrN3O3. The zero-order valence-electron chi connectivity index (χ0n) is 18.5. The second kappa shape index (κ2) is 11.5. The first-order valence-electron chi connectivity index (χ1n) is 10.8. The molecule has 0 aromatic heterocycles. The third-order valence-corrected chi connectivity index (χ3v) is 6.18. The van der Waals surface area contributed by atoms with Crippen LogP contribution in [0.2, 0.25) is 0 Å². The van der Waals surface area contributed by atoms with Gasteiger partial charge < -0.3 is 20.1 Å². The Labute approximate surface area is 193 Å². The number of likely N-dealkylation sites (tertiary alicyclic amines) is 1. The molecule has 1 aliphatic heterocycles. The van der Waals surface area contributed by atoms with Crippen LogP contribution in [0.4, 0.5) is 5.69 Å². The van der Waals surface area contributed by atoms with Crippen molar-refractivity contribution < 1.29 is 14.3 Å². The number of hydrogen-bond acceptors (Lipinski definition) is 5. The summed E-state index contributed by atoms with van der Waals surface area (Å²) in [5, 5.41) is 6.40. The number of benzene rings is 2. The van der Waals surface area contributed by atoms with E-state index in [1.165, 1.54) is 19.4 Å². The highest BCUT2D eigenvalue weighted by Gasteiger charge is 2.22. The molecule has 0 bridgehead atoms. The summed E-state index contributed by atoms with van der Waals surface area (Å²) in [6.45, 7) is 8.16. The standard InChI is InChI=1S/C24H32BrN3O3/c1-4-28-11-5-6-20(28)15-26-14-18-12-21(25)24(22(13-18)30-3)31-16-23(29)27-19-9-7-17(2)8-10-19/h7-10,12-13,20,26H,4-6,11,14-16H2,1-3H3,(H,27,29). The maximum absolute atomic E-state index is 12.3. The van der Waals surface area contributed by atoms with E-state index in [9.17, 15) is 4.79 Å². The summed E-state index contributed by atoms with van der Waals surface area (Å²) in [6, 6.07) is 12.2. The van der Waals surface area contributed by atoms with Crippen molar-refractivity contribution in [2.75, 3.05) is 38.7 Å². The fourth-order valence-corrected chi connectivity index (χ4v) is 4.52. The van der Waals surface area contributed by atoms with Gasteiger partial charge in [-0.15, -0.1) is 0 Å². The van der Waals surface area contributed by atoms with E-state index in [2.05, 4.69) is 38.4 Å². The van der Waals surface area contributed by atoms with Crippen molar-refractivity contribution in [3.63, 3.8) is 0 Å². The molecule has 2 N–H and O–H groups in total. The molecule has 7 heteroatoms. The van der Waals surface area contributed by atoms with E-state index in [4.69, 9.17) is 9.47 Å². The topological polar surface area (TPSA) is 62.8 Å². The molecular weight excluding hydrogens is 458 g/mol. The number of carbonyl (C=O) groups excluding carboxylic acids is 1. The normalized spacial score (nSPS) is 16.3. The van der Waals surface area contributed by atoms with Gasteiger partial charge in [-0.3, -0.25) is 9.69 Å². The number of likely N-dealkylation sites (N-methyl/N-ethyl adjacent to an activating group) is 1. The summed E-state index contributed by atoms with van der Waals surface area (Å²) in [4.78, 5) is 14.8. The first-order chi connectivity index (χ1) is 15.0. The largest absolute Gasteiger partial charge is 0.493 e. The summed E-state index contributed by atoms with van der Waals surface area (Å²) in [5.41, 5.74) is 2.99. The Balaban J connectivity index is 1.54. The van der Waals surface area contributed by atoms with Crippen molar-refractivity contribution in [3.05, 3.63) is 52.0 Å². The van der Waals surface area contributed by atoms with Gasteiger partial charge in [0.1, 0.15) is 0 Å². The van der Waals surface area contributed by atoms with Gasteiger partial charge in [0.15, 0.2) is 18.1 Å². The molecule has 1 aliphatic rings. The molecule has 0 aliphatic carbocycles. The Hall–Kier alpha value is -2.09. The van der Waals surface area contributed by atoms with Gasteiger partial charge in [0.2, 0.25) is 0 Å². The zero-order valence-corrected chi connectivity index (χ0v) is 20.1. The fraction of sp³-hybridized carbons (Fsp3) is 0.458. The average Bonchev–Trinajstić information content (AvgIpc) is 3.21. The molecule has 2 aromatic rings. The maximum atomic E-state index is 12.3. The quantitative estimate of drug-likeness (QED) is 0.519. The van der Waals surface area contributed by atoms with Gasteiger partial charge in [0.05, 0.1) is 11.6 Å². The van der Waals surface area contributed by atoms with Crippen LogP contribution < -0.4 is 20.1 Å². The van der Waals surface area contributed by atoms with E-state index in [1.54, 1.807) is 7.11 Å². The monoisotopic (exact) mass is 489 g/mol. The van der Waals surface area contributed by atoms with E-state index < -0.39 is 0 Å². The molecule has 3 rings (SSSR count). The molecule has 6 nitrogen and oxygen atoms in total. The molecule has 0 radical (unpaired) electrons. The third kappa shape index (κ3) is 6.69. The van der Waals surface area contributed by atoms with E-state index in [1.807, 2.05) is 43.3 Å². The number of nitrogens with zero attached hydrogens (tertiary/aromatic N) is 1. The number of carbonyl (C=O) groups is 1. The third-order valence-electron chi connectivity index (χ3n) is 5.59. The Morgan fingerprint density at radius 3 is 2.74 bits per heavy atom. The van der Waals surface area contributed by atoms with Gasteiger partial charge in [0.25, 0.3) is 5.91 Å². The molecule has 1 atom stereocenters. The highest BCUT2D eigenvalue weighted by Crippen LogP contribution is 2.36. The van der Waals surface area contributed by atoms with Crippen LogP contribution >= 0.6 is 15.9 Å². The number of amides is 1. The summed E-state index contributed by atoms with van der Waals surface area (Å²) in [5.74, 6) is 0.907. The number of ether oxygens (including phenoxy) is 2. The Bertz CT molecular complexity index is 873. The molecule has 1 saturated heterocycles. The van der Waals surface area contributed by atoms with Crippen molar-refractivity contribution in [2.45, 2.75) is 39.3 Å². The van der Waals surface area contributed by atoms with Gasteiger partial charge in [0, 0.05) is 24.8 Å². The molecule has 0 spiro atoms. The molecule has 168 valence electrons. The Kier molecular flexibility index (Phi) is 8.75. The van der Waals surface area contributed by atoms with Crippen molar-refractivity contribution in [1.82, 2.24) is 10.2 Å². The summed E-state index contributed by atoms with van der Waals surface area (Å²) >= 11 is 3.57. The zero-order chi connectivity index (χ0) is 22.2. The molecule has 2 aromatic carbocycles.